The number of pyridine rings is 1. The molecule has 0 saturated carbocycles. The van der Waals surface area contributed by atoms with Crippen LogP contribution in [0, 0.1) is 0 Å². The number of likely N-dealkylation sites (tertiary alicyclic amines) is 1. The van der Waals surface area contributed by atoms with Crippen molar-refractivity contribution in [1.29, 1.82) is 0 Å². The Labute approximate surface area is 276 Å². The first-order valence-electron chi connectivity index (χ1n) is 16.4. The molecular weight excluding hydrogens is 584 g/mol. The summed E-state index contributed by atoms with van der Waals surface area (Å²) in [4.78, 5) is 38.6. The van der Waals surface area contributed by atoms with Crippen molar-refractivity contribution in [3.05, 3.63) is 139 Å². The summed E-state index contributed by atoms with van der Waals surface area (Å²) in [5.41, 5.74) is 4.88. The number of hydrogen-bond donors (Lipinski definition) is 0. The standard InChI is InChI=1S/C40H38N4O3/c45-39(32-15-10-18-36(27-32)47-35-16-8-3-9-17-35)43-21-19-34(20-22-43)42-23-25-44(26-24-42)40(46)33-28-37(30-11-4-1-5-12-30)41-38(29-33)31-13-6-2-7-14-31/h1-18,27-29,34H,19-26H2. The van der Waals surface area contributed by atoms with Crippen molar-refractivity contribution >= 4 is 11.8 Å². The highest BCUT2D eigenvalue weighted by Gasteiger charge is 2.31. The summed E-state index contributed by atoms with van der Waals surface area (Å²) in [6, 6.07) is 41.3. The molecule has 2 fully saturated rings. The van der Waals surface area contributed by atoms with Gasteiger partial charge in [0.25, 0.3) is 11.8 Å². The zero-order chi connectivity index (χ0) is 32.0. The number of nitrogens with zero attached hydrogens (tertiary/aromatic N) is 4. The lowest BCUT2D eigenvalue weighted by Gasteiger charge is -2.42. The molecule has 7 rings (SSSR count). The second-order valence-corrected chi connectivity index (χ2v) is 12.2. The monoisotopic (exact) mass is 622 g/mol. The van der Waals surface area contributed by atoms with Crippen LogP contribution in [0.4, 0.5) is 0 Å². The van der Waals surface area contributed by atoms with Crippen molar-refractivity contribution in [2.75, 3.05) is 39.3 Å². The van der Waals surface area contributed by atoms with E-state index in [2.05, 4.69) is 4.90 Å². The largest absolute Gasteiger partial charge is 0.457 e. The van der Waals surface area contributed by atoms with Gasteiger partial charge < -0.3 is 14.5 Å². The van der Waals surface area contributed by atoms with E-state index in [1.807, 2.05) is 137 Å². The molecule has 0 spiro atoms. The van der Waals surface area contributed by atoms with Crippen LogP contribution in [0.2, 0.25) is 0 Å². The van der Waals surface area contributed by atoms with Crippen molar-refractivity contribution in [1.82, 2.24) is 19.7 Å². The predicted molar refractivity (Wildman–Crippen MR) is 184 cm³/mol. The molecule has 1 aromatic heterocycles. The van der Waals surface area contributed by atoms with E-state index in [-0.39, 0.29) is 11.8 Å². The highest BCUT2D eigenvalue weighted by atomic mass is 16.5. The fourth-order valence-electron chi connectivity index (χ4n) is 6.57. The fourth-order valence-corrected chi connectivity index (χ4v) is 6.57. The molecule has 0 atom stereocenters. The maximum atomic E-state index is 13.9. The SMILES string of the molecule is O=C(c1cccc(Oc2ccccc2)c1)N1CCC(N2CCN(C(=O)c3cc(-c4ccccc4)nc(-c4ccccc4)c3)CC2)CC1. The minimum atomic E-state index is 0.0412. The molecule has 2 amide bonds. The Morgan fingerprint density at radius 1 is 0.532 bits per heavy atom. The van der Waals surface area contributed by atoms with Crippen LogP contribution in [0.15, 0.2) is 127 Å². The van der Waals surface area contributed by atoms with Gasteiger partial charge in [0.15, 0.2) is 0 Å². The van der Waals surface area contributed by atoms with Crippen LogP contribution in [-0.2, 0) is 0 Å². The molecule has 4 aromatic carbocycles. The van der Waals surface area contributed by atoms with E-state index in [0.717, 1.165) is 54.2 Å². The highest BCUT2D eigenvalue weighted by Crippen LogP contribution is 2.27. The molecule has 47 heavy (non-hydrogen) atoms. The Bertz CT molecular complexity index is 1760. The fraction of sp³-hybridized carbons (Fsp3) is 0.225. The second-order valence-electron chi connectivity index (χ2n) is 12.2. The first-order chi connectivity index (χ1) is 23.1. The molecule has 3 heterocycles. The lowest BCUT2D eigenvalue weighted by atomic mass is 10.0. The maximum absolute atomic E-state index is 13.9. The number of benzene rings is 4. The lowest BCUT2D eigenvalue weighted by molar-refractivity contribution is 0.0412. The maximum Gasteiger partial charge on any atom is 0.254 e. The Balaban J connectivity index is 0.960. The minimum Gasteiger partial charge on any atom is -0.457 e. The number of piperazine rings is 1. The van der Waals surface area contributed by atoms with Crippen molar-refractivity contribution in [3.8, 4) is 34.0 Å². The molecule has 0 radical (unpaired) electrons. The van der Waals surface area contributed by atoms with Crippen molar-refractivity contribution in [2.45, 2.75) is 18.9 Å². The van der Waals surface area contributed by atoms with Crippen LogP contribution in [0.3, 0.4) is 0 Å². The number of rotatable bonds is 7. The third-order valence-corrected chi connectivity index (χ3v) is 9.14. The number of hydrogen-bond acceptors (Lipinski definition) is 5. The van der Waals surface area contributed by atoms with Gasteiger partial charge in [-0.15, -0.1) is 0 Å². The zero-order valence-electron chi connectivity index (χ0n) is 26.4. The topological polar surface area (TPSA) is 66.0 Å². The Hall–Kier alpha value is -5.27. The summed E-state index contributed by atoms with van der Waals surface area (Å²) >= 11 is 0. The predicted octanol–water partition coefficient (Wildman–Crippen LogP) is 7.27. The van der Waals surface area contributed by atoms with Crippen molar-refractivity contribution in [3.63, 3.8) is 0 Å². The van der Waals surface area contributed by atoms with Gasteiger partial charge in [-0.05, 0) is 55.3 Å². The Morgan fingerprint density at radius 2 is 1.04 bits per heavy atom. The van der Waals surface area contributed by atoms with Gasteiger partial charge >= 0.3 is 0 Å². The number of ether oxygens (including phenoxy) is 1. The third kappa shape index (κ3) is 7.11. The molecule has 7 nitrogen and oxygen atoms in total. The molecule has 0 N–H and O–H groups in total. The average molecular weight is 623 g/mol. The van der Waals surface area contributed by atoms with Gasteiger partial charge in [0.1, 0.15) is 11.5 Å². The molecule has 236 valence electrons. The first-order valence-corrected chi connectivity index (χ1v) is 16.4. The summed E-state index contributed by atoms with van der Waals surface area (Å²) in [5.74, 6) is 1.48. The van der Waals surface area contributed by atoms with Crippen LogP contribution < -0.4 is 4.74 Å². The molecular formula is C40H38N4O3. The van der Waals surface area contributed by atoms with Crippen molar-refractivity contribution in [2.24, 2.45) is 0 Å². The van der Waals surface area contributed by atoms with Gasteiger partial charge in [0.05, 0.1) is 11.4 Å². The van der Waals surface area contributed by atoms with E-state index >= 15 is 0 Å². The first kappa shape index (κ1) is 30.4. The van der Waals surface area contributed by atoms with Crippen LogP contribution in [-0.4, -0.2) is 76.8 Å². The molecule has 2 aliphatic rings. The molecule has 5 aromatic rings. The number of aromatic nitrogens is 1. The minimum absolute atomic E-state index is 0.0412. The van der Waals surface area contributed by atoms with E-state index in [1.54, 1.807) is 0 Å². The number of para-hydroxylation sites is 1. The van der Waals surface area contributed by atoms with Crippen LogP contribution >= 0.6 is 0 Å². The van der Waals surface area contributed by atoms with Gasteiger partial charge in [-0.1, -0.05) is 84.9 Å². The third-order valence-electron chi connectivity index (χ3n) is 9.14. The number of carbonyl (C=O) groups excluding carboxylic acids is 2. The Kier molecular flexibility index (Phi) is 9.06. The summed E-state index contributed by atoms with van der Waals surface area (Å²) in [5, 5.41) is 0. The zero-order valence-corrected chi connectivity index (χ0v) is 26.4. The normalized spacial score (nSPS) is 15.7. The van der Waals surface area contributed by atoms with Gasteiger partial charge in [-0.2, -0.15) is 0 Å². The Morgan fingerprint density at radius 3 is 1.64 bits per heavy atom. The smallest absolute Gasteiger partial charge is 0.254 e. The van der Waals surface area contributed by atoms with E-state index in [4.69, 9.17) is 9.72 Å². The van der Waals surface area contributed by atoms with Crippen LogP contribution in [0.25, 0.3) is 22.5 Å². The number of piperidine rings is 1. The van der Waals surface area contributed by atoms with E-state index in [0.29, 0.717) is 49.1 Å². The van der Waals surface area contributed by atoms with Gasteiger partial charge in [0.2, 0.25) is 0 Å². The van der Waals surface area contributed by atoms with Crippen LogP contribution in [0.1, 0.15) is 33.6 Å². The molecule has 0 aliphatic carbocycles. The van der Waals surface area contributed by atoms with Gasteiger partial charge in [0, 0.05) is 67.6 Å². The van der Waals surface area contributed by atoms with E-state index in [9.17, 15) is 9.59 Å². The summed E-state index contributed by atoms with van der Waals surface area (Å²) in [7, 11) is 0. The average Bonchev–Trinajstić information content (AvgIpc) is 3.15. The van der Waals surface area contributed by atoms with Crippen molar-refractivity contribution < 1.29 is 14.3 Å². The number of amides is 2. The molecule has 7 heteroatoms. The molecule has 0 bridgehead atoms. The van der Waals surface area contributed by atoms with Crippen LogP contribution in [0.5, 0.6) is 11.5 Å². The van der Waals surface area contributed by atoms with Gasteiger partial charge in [-0.3, -0.25) is 14.5 Å². The van der Waals surface area contributed by atoms with E-state index in [1.165, 1.54) is 0 Å². The number of carbonyl (C=O) groups is 2. The summed E-state index contributed by atoms with van der Waals surface area (Å²) < 4.78 is 5.95. The summed E-state index contributed by atoms with van der Waals surface area (Å²) in [6.07, 6.45) is 1.84. The van der Waals surface area contributed by atoms with Gasteiger partial charge in [-0.25, -0.2) is 4.98 Å². The molecule has 2 saturated heterocycles. The second kappa shape index (κ2) is 14.0. The van der Waals surface area contributed by atoms with E-state index < -0.39 is 0 Å². The summed E-state index contributed by atoms with van der Waals surface area (Å²) in [6.45, 7) is 4.43. The molecule has 0 unspecified atom stereocenters. The quantitative estimate of drug-likeness (QED) is 0.191. The molecule has 2 aliphatic heterocycles. The lowest BCUT2D eigenvalue weighted by Crippen LogP contribution is -2.54. The highest BCUT2D eigenvalue weighted by molar-refractivity contribution is 5.96.